The Morgan fingerprint density at radius 2 is 0.602 bits per heavy atom. The van der Waals surface area contributed by atoms with Gasteiger partial charge in [0.2, 0.25) is 22.8 Å². The standard InChI is InChI=1S/C38H40N.C30H34N.C29H32N.C27H28N/c1-26(2)37-25-39(4)38(35-13-9-8-10-27(35)3)24-36(37)34-21-20-32-22-31(18-19-33(32)23-34)30-16-14-29(15-17-30)28-11-6-5-7-12-28;1-20(2)28-19-31(7)29(26-11-9-8-10-21(26)3)18-27(28)24-13-12-23-17-25(30(4,5)6)15-14-22(23)16-24;1-19(2)22-11-12-24-16-25(14-13-23(24)15-22)27-17-29(26-10-8-7-9-21(26)5)30(6)18-28(27)20(3)4;1-18(2)26-17-28(5)27(24-9-7-6-8-20(24)4)16-25(26)23-13-12-21-14-19(3)10-11-22(21)15-23/h8-10,13-26,28H,5-7,11-12H2,1-4H3;8-20H,1-7H3;7-20H,1-6H3;6-18H,1-5H3/q4*+1/i;20D;19D,20D;1D3,18D. The second-order valence-corrected chi connectivity index (χ2v) is 38.1. The van der Waals surface area contributed by atoms with Crippen LogP contribution in [0.2, 0.25) is 0 Å². The van der Waals surface area contributed by atoms with Crippen molar-refractivity contribution < 1.29 is 27.9 Å². The third-order valence-corrected chi connectivity index (χ3v) is 26.4. The van der Waals surface area contributed by atoms with E-state index < -0.39 is 30.4 Å². The van der Waals surface area contributed by atoms with Gasteiger partial charge >= 0.3 is 0 Å². The summed E-state index contributed by atoms with van der Waals surface area (Å²) < 4.78 is 67.5. The normalized spacial score (nSPS) is 14.1. The first-order chi connectivity index (χ1) is 63.9. The van der Waals surface area contributed by atoms with Gasteiger partial charge in [0.05, 0.1) is 0 Å². The van der Waals surface area contributed by atoms with Gasteiger partial charge in [-0.1, -0.05) is 327 Å². The van der Waals surface area contributed by atoms with Gasteiger partial charge in [0, 0.05) is 78.4 Å². The van der Waals surface area contributed by atoms with Crippen LogP contribution in [0.25, 0.3) is 144 Å². The second kappa shape index (κ2) is 39.0. The Bertz CT molecular complexity index is 7070. The average molecular weight is 1690 g/mol. The molecule has 18 rings (SSSR count). The molecule has 1 saturated carbocycles. The number of aryl methyl sites for hydroxylation is 9. The number of benzene rings is 13. The third kappa shape index (κ3) is 20.1. The molecule has 1 aliphatic carbocycles. The molecule has 13 aromatic carbocycles. The van der Waals surface area contributed by atoms with Crippen LogP contribution in [0.1, 0.15) is 234 Å². The first-order valence-electron chi connectivity index (χ1n) is 49.5. The Labute approximate surface area is 775 Å². The predicted octanol–water partition coefficient (Wildman–Crippen LogP) is 32.2. The van der Waals surface area contributed by atoms with Crippen LogP contribution < -0.4 is 18.3 Å². The van der Waals surface area contributed by atoms with E-state index >= 15 is 0 Å². The maximum Gasteiger partial charge on any atom is 0.213 e. The fourth-order valence-corrected chi connectivity index (χ4v) is 18.8. The zero-order valence-corrected chi connectivity index (χ0v) is 79.5. The van der Waals surface area contributed by atoms with Crippen LogP contribution in [0.15, 0.2) is 316 Å². The molecule has 4 nitrogen and oxygen atoms in total. The summed E-state index contributed by atoms with van der Waals surface area (Å²) >= 11 is 0. The molecule has 128 heavy (non-hydrogen) atoms. The lowest BCUT2D eigenvalue weighted by Crippen LogP contribution is -2.32. The number of hydrogen-bond donors (Lipinski definition) is 0. The van der Waals surface area contributed by atoms with Gasteiger partial charge < -0.3 is 0 Å². The summed E-state index contributed by atoms with van der Waals surface area (Å²) in [6.45, 7) is 32.6. The molecular weight excluding hydrogens is 1550 g/mol. The van der Waals surface area contributed by atoms with Crippen molar-refractivity contribution in [1.82, 2.24) is 0 Å². The van der Waals surface area contributed by atoms with E-state index in [-0.39, 0.29) is 5.41 Å². The molecule has 0 bridgehead atoms. The molecule has 4 heterocycles. The number of pyridine rings is 4. The van der Waals surface area contributed by atoms with Crippen LogP contribution in [-0.2, 0) is 33.6 Å². The molecule has 17 aromatic rings. The SMILES string of the molecule is Cc1ccccc1-c1cc(-c2ccc3cc(-c4ccc(C5CCCCC5)cc4)ccc3c2)c(C(C)C)c[n+]1C.[2H]C(C)(C)c1c[n+](C)c(-c2ccccc2C)cc1-c1ccc2cc(C(C)(C)C)ccc2c1.[2H]C(C)(C)c1ccc2cc(-c3cc(-c4ccccc4C)[n+](C)cc3C([2H])(C)C)ccc2c1.[2H]C([2H])([2H])C([2H])(C)c1c[n+](C)c(-c2ccccc2C)cc1-c1ccc2cc(C)ccc2c1. The van der Waals surface area contributed by atoms with E-state index in [4.69, 9.17) is 9.60 Å². The Kier molecular flexibility index (Phi) is 24.8. The Balaban J connectivity index is 0.000000138. The van der Waals surface area contributed by atoms with Crippen molar-refractivity contribution in [3.05, 3.63) is 383 Å². The number of aromatic nitrogens is 4. The van der Waals surface area contributed by atoms with Crippen LogP contribution in [0.4, 0.5) is 0 Å². The molecule has 0 spiro atoms. The molecule has 4 heteroatoms. The Morgan fingerprint density at radius 3 is 0.969 bits per heavy atom. The number of rotatable bonds is 15. The third-order valence-electron chi connectivity index (χ3n) is 26.4. The monoisotopic (exact) mass is 1690 g/mol. The van der Waals surface area contributed by atoms with Gasteiger partial charge in [0.1, 0.15) is 28.2 Å². The van der Waals surface area contributed by atoms with Gasteiger partial charge in [0.25, 0.3) is 0 Å². The van der Waals surface area contributed by atoms with Crippen molar-refractivity contribution in [2.24, 2.45) is 28.2 Å². The van der Waals surface area contributed by atoms with Crippen LogP contribution >= 0.6 is 0 Å². The lowest BCUT2D eigenvalue weighted by molar-refractivity contribution is -0.660. The van der Waals surface area contributed by atoms with Gasteiger partial charge in [-0.3, -0.25) is 0 Å². The van der Waals surface area contributed by atoms with E-state index in [1.165, 1.54) is 144 Å². The molecule has 0 radical (unpaired) electrons. The first kappa shape index (κ1) is 81.3. The molecule has 0 amide bonds. The molecule has 1 fully saturated rings. The molecule has 1 atom stereocenters. The summed E-state index contributed by atoms with van der Waals surface area (Å²) in [5.74, 6) is -2.62. The summed E-state index contributed by atoms with van der Waals surface area (Å²) in [5.41, 5.74) is 34.7. The van der Waals surface area contributed by atoms with Crippen LogP contribution in [-0.4, -0.2) is 0 Å². The highest BCUT2D eigenvalue weighted by Crippen LogP contribution is 2.42. The smallest absolute Gasteiger partial charge is 0.201 e. The van der Waals surface area contributed by atoms with Gasteiger partial charge in [-0.15, -0.1) is 0 Å². The van der Waals surface area contributed by atoms with Gasteiger partial charge in [-0.2, -0.15) is 0 Å². The molecule has 0 N–H and O–H groups in total. The summed E-state index contributed by atoms with van der Waals surface area (Å²) in [6.07, 6.45) is 15.3. The van der Waals surface area contributed by atoms with E-state index in [9.17, 15) is 0 Å². The maximum absolute atomic E-state index is 8.84. The highest BCUT2D eigenvalue weighted by molar-refractivity contribution is 5.94. The maximum atomic E-state index is 8.84. The number of hydrogen-bond acceptors (Lipinski definition) is 0. The van der Waals surface area contributed by atoms with E-state index in [1.54, 1.807) is 0 Å². The molecular formula is C124H134N4+4. The highest BCUT2D eigenvalue weighted by Gasteiger charge is 2.27. The zero-order valence-electron chi connectivity index (χ0n) is 86.5. The number of nitrogens with zero attached hydrogens (tertiary/aromatic N) is 4. The first-order valence-corrected chi connectivity index (χ1v) is 46.0. The van der Waals surface area contributed by atoms with Gasteiger partial charge in [-0.25, -0.2) is 18.3 Å². The van der Waals surface area contributed by atoms with Crippen LogP contribution in [0, 0.1) is 34.6 Å². The number of fused-ring (bicyclic) bond motifs is 4. The van der Waals surface area contributed by atoms with Gasteiger partial charge in [-0.05, 0) is 281 Å². The predicted molar refractivity (Wildman–Crippen MR) is 548 cm³/mol. The lowest BCUT2D eigenvalue weighted by atomic mass is 9.83. The van der Waals surface area contributed by atoms with Crippen molar-refractivity contribution in [1.29, 1.82) is 0 Å². The second-order valence-electron chi connectivity index (χ2n) is 38.1. The minimum absolute atomic E-state index is 0.131. The molecule has 4 aromatic heterocycles. The summed E-state index contributed by atoms with van der Waals surface area (Å²) in [6, 6.07) is 105. The van der Waals surface area contributed by atoms with Crippen molar-refractivity contribution in [3.8, 4) is 101 Å². The van der Waals surface area contributed by atoms with Gasteiger partial charge in [0.15, 0.2) is 24.8 Å². The largest absolute Gasteiger partial charge is 0.213 e. The minimum Gasteiger partial charge on any atom is -0.201 e. The van der Waals surface area contributed by atoms with Crippen molar-refractivity contribution >= 4 is 43.1 Å². The van der Waals surface area contributed by atoms with E-state index in [1.807, 2.05) is 83.6 Å². The van der Waals surface area contributed by atoms with Crippen molar-refractivity contribution in [3.63, 3.8) is 0 Å². The molecule has 1 unspecified atom stereocenters. The Hall–Kier alpha value is -12.5. The minimum atomic E-state index is -2.47. The van der Waals surface area contributed by atoms with Crippen molar-refractivity contribution in [2.45, 2.75) is 197 Å². The van der Waals surface area contributed by atoms with E-state index in [2.05, 4.69) is 390 Å². The molecule has 646 valence electrons. The van der Waals surface area contributed by atoms with Crippen molar-refractivity contribution in [2.75, 3.05) is 0 Å². The zero-order chi connectivity index (χ0) is 96.7. The van der Waals surface area contributed by atoms with Crippen LogP contribution in [0.5, 0.6) is 0 Å². The molecule has 0 aliphatic heterocycles. The quantitative estimate of drug-likeness (QED) is 0.0909. The summed E-state index contributed by atoms with van der Waals surface area (Å²) in [7, 11) is 8.22. The van der Waals surface area contributed by atoms with E-state index in [0.29, 0.717) is 11.5 Å². The average Bonchev–Trinajstić information content (AvgIpc) is 0.808. The molecule has 1 aliphatic rings. The summed E-state index contributed by atoms with van der Waals surface area (Å²) in [5, 5.41) is 9.58. The molecule has 0 saturated heterocycles. The summed E-state index contributed by atoms with van der Waals surface area (Å²) in [4.78, 5) is 0. The van der Waals surface area contributed by atoms with E-state index in [0.717, 1.165) is 106 Å². The highest BCUT2D eigenvalue weighted by atomic mass is 14.9. The topological polar surface area (TPSA) is 15.5 Å². The lowest BCUT2D eigenvalue weighted by Gasteiger charge is -2.22. The Morgan fingerprint density at radius 1 is 0.289 bits per heavy atom. The fourth-order valence-electron chi connectivity index (χ4n) is 18.8. The fraction of sp³-hybridized carbons (Fsp3) is 0.274. The van der Waals surface area contributed by atoms with Crippen LogP contribution in [0.3, 0.4) is 0 Å².